The zero-order chi connectivity index (χ0) is 43.3. The summed E-state index contributed by atoms with van der Waals surface area (Å²) in [7, 11) is 0. The van der Waals surface area contributed by atoms with Gasteiger partial charge in [0.05, 0.1) is 16.7 Å². The van der Waals surface area contributed by atoms with E-state index in [9.17, 15) is 0 Å². The number of aromatic nitrogens is 1. The van der Waals surface area contributed by atoms with Crippen molar-refractivity contribution in [2.45, 2.75) is 0 Å². The number of rotatable bonds is 6. The first-order valence-electron chi connectivity index (χ1n) is 22.5. The van der Waals surface area contributed by atoms with Crippen molar-refractivity contribution in [3.05, 3.63) is 231 Å². The molecule has 0 bridgehead atoms. The minimum Gasteiger partial charge on any atom is -0.455 e. The molecular weight excluding hydrogens is 805 g/mol. The van der Waals surface area contributed by atoms with Crippen LogP contribution in [0.3, 0.4) is 0 Å². The molecule has 0 amide bonds. The number of furan rings is 2. The lowest BCUT2D eigenvalue weighted by Crippen LogP contribution is -2.10. The second-order valence-corrected chi connectivity index (χ2v) is 17.2. The Labute approximate surface area is 379 Å². The summed E-state index contributed by atoms with van der Waals surface area (Å²) in [5.74, 6) is 0. The molecule has 4 nitrogen and oxygen atoms in total. The quantitative estimate of drug-likeness (QED) is 0.167. The molecule has 3 aromatic heterocycles. The number of fused-ring (bicyclic) bond motifs is 13. The summed E-state index contributed by atoms with van der Waals surface area (Å²) in [6, 6.07) is 82.6. The predicted octanol–water partition coefficient (Wildman–Crippen LogP) is 17.7. The largest absolute Gasteiger partial charge is 0.455 e. The summed E-state index contributed by atoms with van der Waals surface area (Å²) in [5, 5.41) is 11.5. The Hall–Kier alpha value is -8.86. The van der Waals surface area contributed by atoms with Gasteiger partial charge in [-0.25, -0.2) is 0 Å². The van der Waals surface area contributed by atoms with Crippen molar-refractivity contribution in [3.63, 3.8) is 0 Å². The Morgan fingerprint density at radius 3 is 1.33 bits per heavy atom. The molecule has 0 spiro atoms. The second kappa shape index (κ2) is 14.3. The van der Waals surface area contributed by atoms with Crippen molar-refractivity contribution in [1.82, 2.24) is 4.57 Å². The lowest BCUT2D eigenvalue weighted by Gasteiger charge is -2.27. The minimum atomic E-state index is 0.898. The molecule has 4 heteroatoms. The first kappa shape index (κ1) is 36.6. The Balaban J connectivity index is 0.943. The van der Waals surface area contributed by atoms with E-state index < -0.39 is 0 Å². The van der Waals surface area contributed by atoms with Crippen molar-refractivity contribution in [2.24, 2.45) is 0 Å². The van der Waals surface area contributed by atoms with E-state index in [-0.39, 0.29) is 0 Å². The van der Waals surface area contributed by atoms with Crippen molar-refractivity contribution in [3.8, 4) is 27.9 Å². The van der Waals surface area contributed by atoms with Crippen LogP contribution in [0.1, 0.15) is 0 Å². The Morgan fingerprint density at radius 2 is 0.758 bits per heavy atom. The highest BCUT2D eigenvalue weighted by atomic mass is 16.3. The molecule has 66 heavy (non-hydrogen) atoms. The van der Waals surface area contributed by atoms with Gasteiger partial charge >= 0.3 is 0 Å². The molecule has 0 fully saturated rings. The van der Waals surface area contributed by atoms with Gasteiger partial charge in [-0.1, -0.05) is 164 Å². The maximum atomic E-state index is 6.79. The van der Waals surface area contributed by atoms with Gasteiger partial charge in [0.15, 0.2) is 0 Å². The number of nitrogens with zero attached hydrogens (tertiary/aromatic N) is 2. The van der Waals surface area contributed by atoms with Crippen LogP contribution in [0.2, 0.25) is 0 Å². The molecule has 308 valence electrons. The number of para-hydroxylation sites is 4. The van der Waals surface area contributed by atoms with Gasteiger partial charge < -0.3 is 18.3 Å². The first-order valence-corrected chi connectivity index (χ1v) is 22.5. The van der Waals surface area contributed by atoms with Gasteiger partial charge in [0.25, 0.3) is 0 Å². The summed E-state index contributed by atoms with van der Waals surface area (Å²) < 4.78 is 16.0. The fourth-order valence-corrected chi connectivity index (χ4v) is 10.6. The highest BCUT2D eigenvalue weighted by molar-refractivity contribution is 6.19. The molecule has 14 rings (SSSR count). The van der Waals surface area contributed by atoms with Gasteiger partial charge in [0.2, 0.25) is 0 Å². The van der Waals surface area contributed by atoms with E-state index in [2.05, 4.69) is 240 Å². The SMILES string of the molecule is c1ccc(-n2c3ccccc3c3c(N(c4ccc(-c5cccc6c5oc5c7ccccc7ccc65)cc4)c4ccc(-c5cccc6c5oc5c7ccccc7ccc65)cc4)cccc32)cc1. The maximum Gasteiger partial charge on any atom is 0.143 e. The van der Waals surface area contributed by atoms with E-state index in [0.29, 0.717) is 0 Å². The monoisotopic (exact) mass is 842 g/mol. The number of anilines is 3. The van der Waals surface area contributed by atoms with Gasteiger partial charge in [-0.3, -0.25) is 0 Å². The third-order valence-corrected chi connectivity index (χ3v) is 13.6. The molecule has 0 atom stereocenters. The second-order valence-electron chi connectivity index (χ2n) is 17.2. The highest BCUT2D eigenvalue weighted by Crippen LogP contribution is 2.46. The van der Waals surface area contributed by atoms with Crippen molar-refractivity contribution >= 4 is 104 Å². The van der Waals surface area contributed by atoms with Crippen LogP contribution >= 0.6 is 0 Å². The fourth-order valence-electron chi connectivity index (χ4n) is 10.6. The highest BCUT2D eigenvalue weighted by Gasteiger charge is 2.23. The average molecular weight is 843 g/mol. The molecular formula is C62H38N2O2. The van der Waals surface area contributed by atoms with E-state index in [4.69, 9.17) is 8.83 Å². The predicted molar refractivity (Wildman–Crippen MR) is 276 cm³/mol. The Kier molecular flexibility index (Phi) is 7.95. The van der Waals surface area contributed by atoms with E-state index in [1.54, 1.807) is 0 Å². The minimum absolute atomic E-state index is 0.898. The van der Waals surface area contributed by atoms with Crippen molar-refractivity contribution in [1.29, 1.82) is 0 Å². The van der Waals surface area contributed by atoms with E-state index >= 15 is 0 Å². The Morgan fingerprint density at radius 1 is 0.303 bits per heavy atom. The third-order valence-electron chi connectivity index (χ3n) is 13.6. The molecule has 0 radical (unpaired) electrons. The van der Waals surface area contributed by atoms with Gasteiger partial charge in [0.1, 0.15) is 22.3 Å². The maximum absolute atomic E-state index is 6.79. The van der Waals surface area contributed by atoms with Gasteiger partial charge in [-0.2, -0.15) is 0 Å². The van der Waals surface area contributed by atoms with Crippen molar-refractivity contribution < 1.29 is 8.83 Å². The smallest absolute Gasteiger partial charge is 0.143 e. The van der Waals surface area contributed by atoms with Crippen molar-refractivity contribution in [2.75, 3.05) is 4.90 Å². The lowest BCUT2D eigenvalue weighted by atomic mass is 10.00. The van der Waals surface area contributed by atoms with Gasteiger partial charge in [-0.15, -0.1) is 0 Å². The molecule has 0 saturated carbocycles. The lowest BCUT2D eigenvalue weighted by molar-refractivity contribution is 0.673. The average Bonchev–Trinajstić information content (AvgIpc) is 4.08. The van der Waals surface area contributed by atoms with Crippen LogP contribution in [0.5, 0.6) is 0 Å². The molecule has 11 aromatic carbocycles. The van der Waals surface area contributed by atoms with E-state index in [1.165, 1.54) is 21.5 Å². The van der Waals surface area contributed by atoms with E-state index in [1.807, 2.05) is 0 Å². The van der Waals surface area contributed by atoms with Crippen LogP contribution in [-0.2, 0) is 0 Å². The van der Waals surface area contributed by atoms with E-state index in [0.717, 1.165) is 111 Å². The van der Waals surface area contributed by atoms with Crippen LogP contribution in [0.15, 0.2) is 239 Å². The zero-order valence-electron chi connectivity index (χ0n) is 35.7. The molecule has 0 saturated heterocycles. The molecule has 0 aliphatic carbocycles. The number of hydrogen-bond donors (Lipinski definition) is 0. The summed E-state index contributed by atoms with van der Waals surface area (Å²) in [5.41, 5.74) is 14.6. The van der Waals surface area contributed by atoms with Crippen LogP contribution in [0.25, 0.3) is 115 Å². The topological polar surface area (TPSA) is 34.5 Å². The number of hydrogen-bond acceptors (Lipinski definition) is 3. The van der Waals surface area contributed by atoms with Gasteiger partial charge in [-0.05, 0) is 88.6 Å². The third kappa shape index (κ3) is 5.45. The molecule has 0 aliphatic rings. The normalized spacial score (nSPS) is 11.9. The summed E-state index contributed by atoms with van der Waals surface area (Å²) >= 11 is 0. The van der Waals surface area contributed by atoms with Crippen LogP contribution < -0.4 is 4.90 Å². The molecule has 0 N–H and O–H groups in total. The van der Waals surface area contributed by atoms with Gasteiger partial charge in [0, 0.05) is 71.3 Å². The molecule has 0 unspecified atom stereocenters. The van der Waals surface area contributed by atoms with Crippen LogP contribution in [0.4, 0.5) is 17.1 Å². The van der Waals surface area contributed by atoms with Crippen LogP contribution in [0, 0.1) is 0 Å². The molecule has 0 aliphatic heterocycles. The molecule has 3 heterocycles. The Bertz CT molecular complexity index is 4020. The summed E-state index contributed by atoms with van der Waals surface area (Å²) in [6.45, 7) is 0. The number of benzene rings is 11. The zero-order valence-corrected chi connectivity index (χ0v) is 35.7. The molecule has 14 aromatic rings. The standard InChI is InChI=1S/C62H38N2O2/c1-2-15-43(16-3-1)64-55-24-9-8-19-54(55)58-56(25-12-26-57(58)64)63(44-33-27-41(28-34-44)48-20-10-22-50-52-37-31-39-13-4-6-17-46(39)61(52)65-59(48)50)45-35-29-42(30-36-45)49-21-11-23-51-53-38-32-40-14-5-7-18-47(40)62(53)66-60(49)51/h1-38H. The first-order chi connectivity index (χ1) is 32.7. The fraction of sp³-hybridized carbons (Fsp3) is 0. The summed E-state index contributed by atoms with van der Waals surface area (Å²) in [6.07, 6.45) is 0. The van der Waals surface area contributed by atoms with Crippen LogP contribution in [-0.4, -0.2) is 4.57 Å². The summed E-state index contributed by atoms with van der Waals surface area (Å²) in [4.78, 5) is 2.40.